The lowest BCUT2D eigenvalue weighted by atomic mass is 9.87. The molecule has 0 saturated carbocycles. The molecule has 0 bridgehead atoms. The maximum absolute atomic E-state index is 13.5. The Labute approximate surface area is 236 Å². The van der Waals surface area contributed by atoms with Crippen LogP contribution in [-0.2, 0) is 19.6 Å². The van der Waals surface area contributed by atoms with Crippen molar-refractivity contribution < 1.29 is 18.0 Å². The third-order valence-corrected chi connectivity index (χ3v) is 11.7. The van der Waals surface area contributed by atoms with Gasteiger partial charge in [0.25, 0.3) is 0 Å². The summed E-state index contributed by atoms with van der Waals surface area (Å²) in [5, 5.41) is 2.76. The van der Waals surface area contributed by atoms with E-state index in [4.69, 9.17) is 0 Å². The molecule has 2 heterocycles. The van der Waals surface area contributed by atoms with Gasteiger partial charge in [-0.15, -0.1) is 0 Å². The Balaban J connectivity index is 1.43. The molecule has 2 aliphatic rings. The second kappa shape index (κ2) is 12.0. The first-order valence-corrected chi connectivity index (χ1v) is 15.8. The van der Waals surface area contributed by atoms with Gasteiger partial charge in [-0.25, -0.2) is 8.42 Å². The van der Waals surface area contributed by atoms with Gasteiger partial charge < -0.3 is 10.2 Å². The molecular weight excluding hydrogens is 622 g/mol. The number of rotatable bonds is 4. The Hall–Kier alpha value is -1.75. The fraction of sp³-hybridized carbons (Fsp3) is 0.481. The molecule has 0 aromatic heterocycles. The molecule has 7 nitrogen and oxygen atoms in total. The van der Waals surface area contributed by atoms with E-state index in [0.29, 0.717) is 43.1 Å². The Morgan fingerprint density at radius 3 is 2.27 bits per heavy atom. The van der Waals surface area contributed by atoms with Gasteiger partial charge in [-0.2, -0.15) is 4.31 Å². The maximum atomic E-state index is 13.5. The number of sulfonamides is 1. The summed E-state index contributed by atoms with van der Waals surface area (Å²) in [7, 11) is -3.60. The van der Waals surface area contributed by atoms with Crippen molar-refractivity contribution in [3.63, 3.8) is 0 Å². The van der Waals surface area contributed by atoms with Crippen LogP contribution in [0.25, 0.3) is 0 Å². The quantitative estimate of drug-likeness (QED) is 0.433. The zero-order valence-corrected chi connectivity index (χ0v) is 25.2. The summed E-state index contributed by atoms with van der Waals surface area (Å²) in [6.07, 6.45) is 5.02. The first-order valence-electron chi connectivity index (χ1n) is 12.7. The monoisotopic (exact) mass is 653 g/mol. The summed E-state index contributed by atoms with van der Waals surface area (Å²) in [4.78, 5) is 27.7. The average Bonchev–Trinajstić information content (AvgIpc) is 3.17. The van der Waals surface area contributed by atoms with Crippen LogP contribution in [0.3, 0.4) is 0 Å². The number of aryl methyl sites for hydroxylation is 1. The van der Waals surface area contributed by atoms with Gasteiger partial charge in [0, 0.05) is 34.6 Å². The average molecular weight is 655 g/mol. The van der Waals surface area contributed by atoms with Crippen molar-refractivity contribution in [2.24, 2.45) is 5.92 Å². The SMILES string of the molecule is Cc1cc(NC(=O)C(=O)N2CCC(C3CCCCCN3S(=O)(=O)c3ccccc3)CC2)c(Br)c(C)c1Br. The van der Waals surface area contributed by atoms with Gasteiger partial charge >= 0.3 is 11.8 Å². The third kappa shape index (κ3) is 6.13. The molecule has 1 N–H and O–H groups in total. The van der Waals surface area contributed by atoms with Crippen molar-refractivity contribution in [1.82, 2.24) is 9.21 Å². The van der Waals surface area contributed by atoms with Crippen molar-refractivity contribution in [1.29, 1.82) is 0 Å². The van der Waals surface area contributed by atoms with E-state index in [2.05, 4.69) is 37.2 Å². The molecule has 200 valence electrons. The van der Waals surface area contributed by atoms with E-state index in [9.17, 15) is 18.0 Å². The number of halogens is 2. The lowest BCUT2D eigenvalue weighted by Gasteiger charge is -2.39. The molecule has 1 atom stereocenters. The topological polar surface area (TPSA) is 86.8 Å². The fourth-order valence-electron chi connectivity index (χ4n) is 5.44. The summed E-state index contributed by atoms with van der Waals surface area (Å²) in [6, 6.07) is 10.4. The standard InChI is InChI=1S/C27H33Br2N3O4S/c1-18-17-22(25(29)19(2)24(18)28)30-26(33)27(34)31-15-12-20(13-16-31)23-11-7-4-8-14-32(23)37(35,36)21-9-5-3-6-10-21/h3,5-6,9-10,17,20,23H,4,7-8,11-16H2,1-2H3,(H,30,33). The molecule has 2 aliphatic heterocycles. The molecule has 1 unspecified atom stereocenters. The number of anilines is 1. The lowest BCUT2D eigenvalue weighted by Crippen LogP contribution is -2.50. The zero-order valence-electron chi connectivity index (χ0n) is 21.2. The Morgan fingerprint density at radius 2 is 1.59 bits per heavy atom. The number of nitrogens with zero attached hydrogens (tertiary/aromatic N) is 2. The second-order valence-electron chi connectivity index (χ2n) is 9.92. The molecule has 4 rings (SSSR count). The van der Waals surface area contributed by atoms with Crippen LogP contribution in [0.4, 0.5) is 5.69 Å². The first kappa shape index (κ1) is 28.3. The Kier molecular flexibility index (Phi) is 9.14. The van der Waals surface area contributed by atoms with E-state index in [0.717, 1.165) is 45.8 Å². The van der Waals surface area contributed by atoms with Crippen molar-refractivity contribution in [3.05, 3.63) is 56.5 Å². The highest BCUT2D eigenvalue weighted by atomic mass is 79.9. The molecular formula is C27H33Br2N3O4S. The van der Waals surface area contributed by atoms with Gasteiger partial charge in [0.15, 0.2) is 0 Å². The van der Waals surface area contributed by atoms with E-state index in [-0.39, 0.29) is 12.0 Å². The minimum Gasteiger partial charge on any atom is -0.334 e. The number of amides is 2. The van der Waals surface area contributed by atoms with Gasteiger partial charge in [0.2, 0.25) is 10.0 Å². The summed E-state index contributed by atoms with van der Waals surface area (Å²) >= 11 is 7.05. The number of hydrogen-bond acceptors (Lipinski definition) is 4. The first-order chi connectivity index (χ1) is 17.6. The van der Waals surface area contributed by atoms with Crippen LogP contribution in [-0.4, -0.2) is 55.1 Å². The van der Waals surface area contributed by atoms with Crippen LogP contribution in [0.5, 0.6) is 0 Å². The molecule has 0 radical (unpaired) electrons. The Morgan fingerprint density at radius 1 is 0.919 bits per heavy atom. The van der Waals surface area contributed by atoms with E-state index in [1.807, 2.05) is 26.0 Å². The summed E-state index contributed by atoms with van der Waals surface area (Å²) in [6.45, 7) is 5.25. The van der Waals surface area contributed by atoms with Gasteiger partial charge in [-0.05, 0) is 90.7 Å². The van der Waals surface area contributed by atoms with E-state index in [1.165, 1.54) is 0 Å². The molecule has 2 saturated heterocycles. The van der Waals surface area contributed by atoms with Crippen molar-refractivity contribution in [3.8, 4) is 0 Å². The van der Waals surface area contributed by atoms with Crippen molar-refractivity contribution in [2.45, 2.75) is 63.3 Å². The van der Waals surface area contributed by atoms with Crippen LogP contribution < -0.4 is 5.32 Å². The number of carbonyl (C=O) groups is 2. The number of carbonyl (C=O) groups excluding carboxylic acids is 2. The summed E-state index contributed by atoms with van der Waals surface area (Å²) in [5.74, 6) is -1.07. The van der Waals surface area contributed by atoms with Gasteiger partial charge in [-0.3, -0.25) is 9.59 Å². The fourth-order valence-corrected chi connectivity index (χ4v) is 8.21. The van der Waals surface area contributed by atoms with Crippen molar-refractivity contribution >= 4 is 59.4 Å². The molecule has 10 heteroatoms. The van der Waals surface area contributed by atoms with Crippen molar-refractivity contribution in [2.75, 3.05) is 25.0 Å². The number of benzene rings is 2. The zero-order chi connectivity index (χ0) is 26.7. The van der Waals surface area contributed by atoms with E-state index in [1.54, 1.807) is 33.5 Å². The van der Waals surface area contributed by atoms with Gasteiger partial charge in [-0.1, -0.05) is 47.0 Å². The van der Waals surface area contributed by atoms with E-state index >= 15 is 0 Å². The van der Waals surface area contributed by atoms with Crippen LogP contribution >= 0.6 is 31.9 Å². The molecule has 2 aromatic rings. The van der Waals surface area contributed by atoms with Crippen LogP contribution in [0.15, 0.2) is 50.2 Å². The predicted molar refractivity (Wildman–Crippen MR) is 152 cm³/mol. The highest BCUT2D eigenvalue weighted by molar-refractivity contribution is 9.11. The third-order valence-electron chi connectivity index (χ3n) is 7.51. The van der Waals surface area contributed by atoms with E-state index < -0.39 is 21.8 Å². The molecule has 37 heavy (non-hydrogen) atoms. The number of likely N-dealkylation sites (tertiary alicyclic amines) is 1. The maximum Gasteiger partial charge on any atom is 0.313 e. The molecule has 0 spiro atoms. The smallest absolute Gasteiger partial charge is 0.313 e. The minimum atomic E-state index is -3.60. The highest BCUT2D eigenvalue weighted by Crippen LogP contribution is 2.35. The largest absolute Gasteiger partial charge is 0.334 e. The molecule has 0 aliphatic carbocycles. The highest BCUT2D eigenvalue weighted by Gasteiger charge is 2.39. The van der Waals surface area contributed by atoms with Crippen LogP contribution in [0, 0.1) is 19.8 Å². The lowest BCUT2D eigenvalue weighted by molar-refractivity contribution is -0.144. The molecule has 2 amide bonds. The summed E-state index contributed by atoms with van der Waals surface area (Å²) < 4.78 is 30.4. The predicted octanol–water partition coefficient (Wildman–Crippen LogP) is 5.64. The number of hydrogen-bond donors (Lipinski definition) is 1. The van der Waals surface area contributed by atoms with Crippen LogP contribution in [0.2, 0.25) is 0 Å². The Bertz CT molecular complexity index is 1260. The second-order valence-corrected chi connectivity index (χ2v) is 13.4. The number of nitrogens with one attached hydrogen (secondary N) is 1. The number of piperidine rings is 1. The summed E-state index contributed by atoms with van der Waals surface area (Å²) in [5.41, 5.74) is 2.47. The van der Waals surface area contributed by atoms with Gasteiger partial charge in [0.05, 0.1) is 10.6 Å². The minimum absolute atomic E-state index is 0.0940. The van der Waals surface area contributed by atoms with Crippen LogP contribution in [0.1, 0.15) is 49.7 Å². The molecule has 2 fully saturated rings. The molecule has 2 aromatic carbocycles. The van der Waals surface area contributed by atoms with Gasteiger partial charge in [0.1, 0.15) is 0 Å². The normalized spacial score (nSPS) is 19.9.